The van der Waals surface area contributed by atoms with Gasteiger partial charge in [-0.3, -0.25) is 9.48 Å². The van der Waals surface area contributed by atoms with Gasteiger partial charge in [0, 0.05) is 24.9 Å². The van der Waals surface area contributed by atoms with Gasteiger partial charge in [-0.2, -0.15) is 10.2 Å². The van der Waals surface area contributed by atoms with E-state index in [9.17, 15) is 4.79 Å². The first-order valence-electron chi connectivity index (χ1n) is 7.90. The number of hydrogen-bond donors (Lipinski definition) is 1. The molecule has 6 heteroatoms. The van der Waals surface area contributed by atoms with Crippen LogP contribution in [0.15, 0.2) is 24.5 Å². The van der Waals surface area contributed by atoms with Crippen LogP contribution in [0.4, 0.5) is 5.82 Å². The summed E-state index contributed by atoms with van der Waals surface area (Å²) in [4.78, 5) is 12.3. The zero-order valence-corrected chi connectivity index (χ0v) is 13.8. The Balaban J connectivity index is 2.05. The van der Waals surface area contributed by atoms with Crippen LogP contribution in [0.5, 0.6) is 0 Å². The predicted molar refractivity (Wildman–Crippen MR) is 86.8 cm³/mol. The van der Waals surface area contributed by atoms with Crippen LogP contribution in [0.25, 0.3) is 0 Å². The van der Waals surface area contributed by atoms with E-state index in [2.05, 4.69) is 29.4 Å². The van der Waals surface area contributed by atoms with Gasteiger partial charge in [0.1, 0.15) is 5.82 Å². The first kappa shape index (κ1) is 16.3. The van der Waals surface area contributed by atoms with Gasteiger partial charge in [-0.05, 0) is 32.8 Å². The Bertz CT molecular complexity index is 598. The molecule has 1 N–H and O–H groups in total. The number of amides is 1. The molecule has 0 saturated carbocycles. The van der Waals surface area contributed by atoms with E-state index in [0.29, 0.717) is 12.5 Å². The minimum atomic E-state index is -0.0184. The van der Waals surface area contributed by atoms with Crippen LogP contribution in [0.2, 0.25) is 0 Å². The van der Waals surface area contributed by atoms with Gasteiger partial charge in [0.15, 0.2) is 0 Å². The molecule has 1 amide bonds. The zero-order valence-electron chi connectivity index (χ0n) is 13.8. The summed E-state index contributed by atoms with van der Waals surface area (Å²) in [7, 11) is 0. The van der Waals surface area contributed by atoms with Crippen LogP contribution in [0.3, 0.4) is 0 Å². The summed E-state index contributed by atoms with van der Waals surface area (Å²) in [6.07, 6.45) is 5.96. The topological polar surface area (TPSA) is 64.7 Å². The molecule has 2 aromatic rings. The van der Waals surface area contributed by atoms with Crippen molar-refractivity contribution in [3.8, 4) is 0 Å². The molecule has 6 nitrogen and oxygen atoms in total. The molecule has 0 saturated heterocycles. The first-order chi connectivity index (χ1) is 10.5. The van der Waals surface area contributed by atoms with E-state index in [1.807, 2.05) is 36.9 Å². The van der Waals surface area contributed by atoms with E-state index in [1.165, 1.54) is 0 Å². The summed E-state index contributed by atoms with van der Waals surface area (Å²) in [5.41, 5.74) is 0.919. The average molecular weight is 303 g/mol. The van der Waals surface area contributed by atoms with Gasteiger partial charge >= 0.3 is 0 Å². The summed E-state index contributed by atoms with van der Waals surface area (Å²) < 4.78 is 3.73. The van der Waals surface area contributed by atoms with Crippen molar-refractivity contribution in [2.45, 2.75) is 59.0 Å². The van der Waals surface area contributed by atoms with Crippen molar-refractivity contribution in [2.24, 2.45) is 0 Å². The van der Waals surface area contributed by atoms with Gasteiger partial charge in [0.05, 0.1) is 17.8 Å². The molecule has 0 spiro atoms. The van der Waals surface area contributed by atoms with Crippen molar-refractivity contribution in [1.82, 2.24) is 19.6 Å². The molecule has 2 aromatic heterocycles. The van der Waals surface area contributed by atoms with Gasteiger partial charge < -0.3 is 5.32 Å². The molecule has 0 aromatic carbocycles. The molecule has 2 heterocycles. The maximum Gasteiger partial charge on any atom is 0.227 e. The minimum Gasteiger partial charge on any atom is -0.311 e. The Morgan fingerprint density at radius 2 is 2.09 bits per heavy atom. The largest absolute Gasteiger partial charge is 0.311 e. The highest BCUT2D eigenvalue weighted by molar-refractivity contribution is 5.90. The van der Waals surface area contributed by atoms with Crippen LogP contribution < -0.4 is 5.32 Å². The number of nitrogens with one attached hydrogen (secondary N) is 1. The second kappa shape index (κ2) is 7.24. The number of carbonyl (C=O) groups excluding carboxylic acids is 1. The lowest BCUT2D eigenvalue weighted by Gasteiger charge is -2.18. The molecule has 0 bridgehead atoms. The van der Waals surface area contributed by atoms with Gasteiger partial charge in [-0.25, -0.2) is 4.68 Å². The molecule has 0 aliphatic carbocycles. The highest BCUT2D eigenvalue weighted by atomic mass is 16.1. The smallest absolute Gasteiger partial charge is 0.227 e. The van der Waals surface area contributed by atoms with E-state index in [1.54, 1.807) is 10.9 Å². The standard InChI is InChI=1S/C16H25N5O/c1-5-14(6-2)21-15(10-12(3)19-21)18-16(22)11-13(4)20-9-7-8-17-20/h7-10,13-14H,5-6,11H2,1-4H3,(H,18,22)/t13-/m0/s1. The molecular weight excluding hydrogens is 278 g/mol. The molecule has 22 heavy (non-hydrogen) atoms. The van der Waals surface area contributed by atoms with E-state index < -0.39 is 0 Å². The fraction of sp³-hybridized carbons (Fsp3) is 0.562. The molecule has 0 fully saturated rings. The maximum atomic E-state index is 12.3. The second-order valence-electron chi connectivity index (χ2n) is 5.67. The molecule has 120 valence electrons. The van der Waals surface area contributed by atoms with Crippen molar-refractivity contribution in [1.29, 1.82) is 0 Å². The molecule has 0 unspecified atom stereocenters. The number of aryl methyl sites for hydroxylation is 1. The predicted octanol–water partition coefficient (Wildman–Crippen LogP) is 3.34. The zero-order chi connectivity index (χ0) is 16.1. The lowest BCUT2D eigenvalue weighted by molar-refractivity contribution is -0.116. The second-order valence-corrected chi connectivity index (χ2v) is 5.67. The number of carbonyl (C=O) groups is 1. The third-order valence-electron chi connectivity index (χ3n) is 3.87. The van der Waals surface area contributed by atoms with Crippen molar-refractivity contribution in [3.63, 3.8) is 0 Å². The third-order valence-corrected chi connectivity index (χ3v) is 3.87. The van der Waals surface area contributed by atoms with E-state index in [4.69, 9.17) is 0 Å². The highest BCUT2D eigenvalue weighted by Gasteiger charge is 2.17. The molecule has 1 atom stereocenters. The Morgan fingerprint density at radius 3 is 2.68 bits per heavy atom. The SMILES string of the molecule is CCC(CC)n1nc(C)cc1NC(=O)C[C@H](C)n1cccn1. The number of nitrogens with zero attached hydrogens (tertiary/aromatic N) is 4. The van der Waals surface area contributed by atoms with Gasteiger partial charge in [-0.15, -0.1) is 0 Å². The summed E-state index contributed by atoms with van der Waals surface area (Å²) in [6.45, 7) is 8.20. The quantitative estimate of drug-likeness (QED) is 0.853. The van der Waals surface area contributed by atoms with Crippen molar-refractivity contribution >= 4 is 11.7 Å². The Kier molecular flexibility index (Phi) is 5.35. The van der Waals surface area contributed by atoms with Crippen molar-refractivity contribution in [2.75, 3.05) is 5.32 Å². The fourth-order valence-corrected chi connectivity index (χ4v) is 2.62. The highest BCUT2D eigenvalue weighted by Crippen LogP contribution is 2.22. The first-order valence-corrected chi connectivity index (χ1v) is 7.90. The Hall–Kier alpha value is -2.11. The third kappa shape index (κ3) is 3.75. The Labute approximate surface area is 131 Å². The van der Waals surface area contributed by atoms with Crippen LogP contribution >= 0.6 is 0 Å². The van der Waals surface area contributed by atoms with Crippen LogP contribution in [-0.2, 0) is 4.79 Å². The van der Waals surface area contributed by atoms with Crippen molar-refractivity contribution < 1.29 is 4.79 Å². The molecular formula is C16H25N5O. The fourth-order valence-electron chi connectivity index (χ4n) is 2.62. The summed E-state index contributed by atoms with van der Waals surface area (Å²) in [6, 6.07) is 4.13. The lowest BCUT2D eigenvalue weighted by Crippen LogP contribution is -2.21. The van der Waals surface area contributed by atoms with Crippen LogP contribution in [-0.4, -0.2) is 25.5 Å². The monoisotopic (exact) mass is 303 g/mol. The number of anilines is 1. The average Bonchev–Trinajstić information content (AvgIpc) is 3.11. The molecule has 0 aliphatic rings. The number of hydrogen-bond acceptors (Lipinski definition) is 3. The molecule has 2 rings (SSSR count). The van der Waals surface area contributed by atoms with Gasteiger partial charge in [0.25, 0.3) is 0 Å². The van der Waals surface area contributed by atoms with Crippen LogP contribution in [0.1, 0.15) is 57.8 Å². The Morgan fingerprint density at radius 1 is 1.36 bits per heavy atom. The number of aromatic nitrogens is 4. The molecule has 0 radical (unpaired) electrons. The molecule has 0 aliphatic heterocycles. The van der Waals surface area contributed by atoms with Crippen LogP contribution in [0, 0.1) is 6.92 Å². The number of rotatable bonds is 7. The van der Waals surface area contributed by atoms with Gasteiger partial charge in [-0.1, -0.05) is 13.8 Å². The normalized spacial score (nSPS) is 12.6. The minimum absolute atomic E-state index is 0.0184. The lowest BCUT2D eigenvalue weighted by atomic mass is 10.2. The maximum absolute atomic E-state index is 12.3. The van der Waals surface area contributed by atoms with E-state index in [0.717, 1.165) is 24.4 Å². The summed E-state index contributed by atoms with van der Waals surface area (Å²) in [5.74, 6) is 0.763. The van der Waals surface area contributed by atoms with Crippen molar-refractivity contribution in [3.05, 3.63) is 30.2 Å². The van der Waals surface area contributed by atoms with E-state index >= 15 is 0 Å². The van der Waals surface area contributed by atoms with Gasteiger partial charge in [0.2, 0.25) is 5.91 Å². The summed E-state index contributed by atoms with van der Waals surface area (Å²) >= 11 is 0. The summed E-state index contributed by atoms with van der Waals surface area (Å²) in [5, 5.41) is 11.7. The van der Waals surface area contributed by atoms with E-state index in [-0.39, 0.29) is 11.9 Å².